The molecule has 0 spiro atoms. The molecule has 3 N–H and O–H groups in total. The van der Waals surface area contributed by atoms with Gasteiger partial charge in [0.2, 0.25) is 5.91 Å². The molecule has 2 unspecified atom stereocenters. The van der Waals surface area contributed by atoms with Gasteiger partial charge >= 0.3 is 0 Å². The molecule has 4 nitrogen and oxygen atoms in total. The molecule has 0 aromatic heterocycles. The first-order chi connectivity index (χ1) is 7.69. The van der Waals surface area contributed by atoms with Crippen molar-refractivity contribution < 1.29 is 4.79 Å². The normalized spacial score (nSPS) is 25.8. The van der Waals surface area contributed by atoms with Crippen LogP contribution in [0.15, 0.2) is 0 Å². The van der Waals surface area contributed by atoms with E-state index in [0.717, 1.165) is 19.5 Å². The van der Waals surface area contributed by atoms with Gasteiger partial charge in [0.15, 0.2) is 0 Å². The van der Waals surface area contributed by atoms with E-state index in [1.165, 1.54) is 19.3 Å². The van der Waals surface area contributed by atoms with Gasteiger partial charge < -0.3 is 11.1 Å². The number of carbonyl (C=O) groups excluding carboxylic acids is 1. The predicted molar refractivity (Wildman–Crippen MR) is 66.2 cm³/mol. The summed E-state index contributed by atoms with van der Waals surface area (Å²) in [6.07, 6.45) is 4.77. The Morgan fingerprint density at radius 2 is 2.12 bits per heavy atom. The lowest BCUT2D eigenvalue weighted by Crippen LogP contribution is -2.53. The molecule has 0 radical (unpaired) electrons. The molecule has 16 heavy (non-hydrogen) atoms. The molecule has 1 rings (SSSR count). The number of carbonyl (C=O) groups is 1. The Bertz CT molecular complexity index is 220. The monoisotopic (exact) mass is 227 g/mol. The molecule has 94 valence electrons. The summed E-state index contributed by atoms with van der Waals surface area (Å²) in [4.78, 5) is 13.6. The number of hydrogen-bond donors (Lipinski definition) is 2. The maximum Gasteiger partial charge on any atom is 0.217 e. The van der Waals surface area contributed by atoms with Crippen molar-refractivity contribution in [3.63, 3.8) is 0 Å². The SMILES string of the molecule is CCN(CCN)C1CCCCC1NC(C)=O. The van der Waals surface area contributed by atoms with Gasteiger partial charge in [-0.25, -0.2) is 0 Å². The fraction of sp³-hybridized carbons (Fsp3) is 0.917. The Balaban J connectivity index is 2.60. The zero-order chi connectivity index (χ0) is 12.0. The van der Waals surface area contributed by atoms with Gasteiger partial charge in [0, 0.05) is 32.1 Å². The first-order valence-electron chi connectivity index (χ1n) is 6.40. The molecule has 1 amide bonds. The molecule has 1 aliphatic carbocycles. The van der Waals surface area contributed by atoms with Crippen LogP contribution >= 0.6 is 0 Å². The van der Waals surface area contributed by atoms with Crippen LogP contribution in [0.25, 0.3) is 0 Å². The highest BCUT2D eigenvalue weighted by molar-refractivity contribution is 5.73. The van der Waals surface area contributed by atoms with E-state index >= 15 is 0 Å². The molecule has 0 aromatic carbocycles. The third kappa shape index (κ3) is 3.76. The van der Waals surface area contributed by atoms with Crippen LogP contribution in [-0.2, 0) is 4.79 Å². The number of nitrogens with one attached hydrogen (secondary N) is 1. The van der Waals surface area contributed by atoms with E-state index in [-0.39, 0.29) is 5.91 Å². The van der Waals surface area contributed by atoms with Crippen LogP contribution in [0.1, 0.15) is 39.5 Å². The fourth-order valence-electron chi connectivity index (χ4n) is 2.70. The van der Waals surface area contributed by atoms with Crippen LogP contribution < -0.4 is 11.1 Å². The largest absolute Gasteiger partial charge is 0.352 e. The lowest BCUT2D eigenvalue weighted by molar-refractivity contribution is -0.120. The molecular weight excluding hydrogens is 202 g/mol. The molecule has 1 fully saturated rings. The minimum absolute atomic E-state index is 0.0840. The van der Waals surface area contributed by atoms with Gasteiger partial charge in [0.05, 0.1) is 0 Å². The molecule has 4 heteroatoms. The number of likely N-dealkylation sites (N-methyl/N-ethyl adjacent to an activating group) is 1. The van der Waals surface area contributed by atoms with Gasteiger partial charge in [-0.3, -0.25) is 9.69 Å². The number of amides is 1. The van der Waals surface area contributed by atoms with Crippen molar-refractivity contribution in [1.82, 2.24) is 10.2 Å². The summed E-state index contributed by atoms with van der Waals surface area (Å²) in [5.74, 6) is 0.0840. The van der Waals surface area contributed by atoms with Crippen molar-refractivity contribution in [2.75, 3.05) is 19.6 Å². The Morgan fingerprint density at radius 3 is 2.69 bits per heavy atom. The summed E-state index contributed by atoms with van der Waals surface area (Å²) in [7, 11) is 0. The number of nitrogens with zero attached hydrogens (tertiary/aromatic N) is 1. The molecular formula is C12H25N3O. The van der Waals surface area contributed by atoms with Gasteiger partial charge in [-0.2, -0.15) is 0 Å². The second-order valence-corrected chi connectivity index (χ2v) is 4.58. The van der Waals surface area contributed by atoms with Gasteiger partial charge in [0.1, 0.15) is 0 Å². The van der Waals surface area contributed by atoms with Crippen molar-refractivity contribution in [2.45, 2.75) is 51.6 Å². The van der Waals surface area contributed by atoms with Crippen molar-refractivity contribution in [2.24, 2.45) is 5.73 Å². The molecule has 0 aliphatic heterocycles. The number of nitrogens with two attached hydrogens (primary N) is 1. The topological polar surface area (TPSA) is 58.4 Å². The summed E-state index contributed by atoms with van der Waals surface area (Å²) in [6.45, 7) is 6.40. The van der Waals surface area contributed by atoms with E-state index in [1.54, 1.807) is 6.92 Å². The molecule has 0 aromatic rings. The van der Waals surface area contributed by atoms with Crippen LogP contribution in [0.3, 0.4) is 0 Å². The highest BCUT2D eigenvalue weighted by atomic mass is 16.1. The van der Waals surface area contributed by atoms with E-state index < -0.39 is 0 Å². The van der Waals surface area contributed by atoms with Crippen molar-refractivity contribution in [1.29, 1.82) is 0 Å². The quantitative estimate of drug-likeness (QED) is 0.727. The van der Waals surface area contributed by atoms with Crippen LogP contribution in [0.5, 0.6) is 0 Å². The second-order valence-electron chi connectivity index (χ2n) is 4.58. The minimum Gasteiger partial charge on any atom is -0.352 e. The summed E-state index contributed by atoms with van der Waals surface area (Å²) >= 11 is 0. The van der Waals surface area contributed by atoms with E-state index in [0.29, 0.717) is 18.6 Å². The fourth-order valence-corrected chi connectivity index (χ4v) is 2.70. The average Bonchev–Trinajstić information content (AvgIpc) is 2.26. The molecule has 0 heterocycles. The maximum absolute atomic E-state index is 11.2. The van der Waals surface area contributed by atoms with Gasteiger partial charge in [-0.05, 0) is 19.4 Å². The van der Waals surface area contributed by atoms with Crippen LogP contribution in [-0.4, -0.2) is 42.5 Å². The lowest BCUT2D eigenvalue weighted by Gasteiger charge is -2.39. The summed E-state index contributed by atoms with van der Waals surface area (Å²) in [6, 6.07) is 0.795. The smallest absolute Gasteiger partial charge is 0.217 e. The number of hydrogen-bond acceptors (Lipinski definition) is 3. The number of rotatable bonds is 5. The third-order valence-corrected chi connectivity index (χ3v) is 3.41. The van der Waals surface area contributed by atoms with E-state index in [4.69, 9.17) is 5.73 Å². The van der Waals surface area contributed by atoms with Crippen molar-refractivity contribution in [3.8, 4) is 0 Å². The minimum atomic E-state index is 0.0840. The summed E-state index contributed by atoms with van der Waals surface area (Å²) < 4.78 is 0. The van der Waals surface area contributed by atoms with Gasteiger partial charge in [-0.15, -0.1) is 0 Å². The van der Waals surface area contributed by atoms with E-state index in [9.17, 15) is 4.79 Å². The Kier molecular flexibility index (Phi) is 5.77. The first kappa shape index (κ1) is 13.5. The molecule has 0 bridgehead atoms. The van der Waals surface area contributed by atoms with Crippen molar-refractivity contribution >= 4 is 5.91 Å². The molecule has 2 atom stereocenters. The lowest BCUT2D eigenvalue weighted by atomic mass is 9.89. The second kappa shape index (κ2) is 6.86. The zero-order valence-electron chi connectivity index (χ0n) is 10.5. The van der Waals surface area contributed by atoms with Crippen LogP contribution in [0, 0.1) is 0 Å². The summed E-state index contributed by atoms with van der Waals surface area (Å²) in [5, 5.41) is 3.08. The zero-order valence-corrected chi connectivity index (χ0v) is 10.5. The molecule has 1 aliphatic rings. The first-order valence-corrected chi connectivity index (χ1v) is 6.40. The van der Waals surface area contributed by atoms with Gasteiger partial charge in [0.25, 0.3) is 0 Å². The molecule has 0 saturated heterocycles. The van der Waals surface area contributed by atoms with E-state index in [1.807, 2.05) is 0 Å². The Labute approximate surface area is 98.6 Å². The van der Waals surface area contributed by atoms with E-state index in [2.05, 4.69) is 17.1 Å². The van der Waals surface area contributed by atoms with Crippen LogP contribution in [0.2, 0.25) is 0 Å². The maximum atomic E-state index is 11.2. The average molecular weight is 227 g/mol. The standard InChI is InChI=1S/C12H25N3O/c1-3-15(9-8-13)12-7-5-4-6-11(12)14-10(2)16/h11-12H,3-9,13H2,1-2H3,(H,14,16). The summed E-state index contributed by atoms with van der Waals surface area (Å²) in [5.41, 5.74) is 5.63. The highest BCUT2D eigenvalue weighted by Gasteiger charge is 2.29. The predicted octanol–water partition coefficient (Wildman–Crippen LogP) is 0.714. The highest BCUT2D eigenvalue weighted by Crippen LogP contribution is 2.23. The third-order valence-electron chi connectivity index (χ3n) is 3.41. The molecule has 1 saturated carbocycles. The van der Waals surface area contributed by atoms with Crippen LogP contribution in [0.4, 0.5) is 0 Å². The van der Waals surface area contributed by atoms with Crippen molar-refractivity contribution in [3.05, 3.63) is 0 Å². The van der Waals surface area contributed by atoms with Gasteiger partial charge in [-0.1, -0.05) is 19.8 Å². The Morgan fingerprint density at radius 1 is 1.44 bits per heavy atom. The Hall–Kier alpha value is -0.610.